The minimum atomic E-state index is -0.978. The van der Waals surface area contributed by atoms with Crippen LogP contribution in [0.25, 0.3) is 6.08 Å². The third-order valence-electron chi connectivity index (χ3n) is 2.23. The van der Waals surface area contributed by atoms with Crippen LogP contribution in [-0.2, 0) is 9.59 Å². The van der Waals surface area contributed by atoms with Crippen molar-refractivity contribution in [3.63, 3.8) is 0 Å². The van der Waals surface area contributed by atoms with E-state index in [1.807, 2.05) is 0 Å². The van der Waals surface area contributed by atoms with Crippen LogP contribution in [0.15, 0.2) is 28.9 Å². The van der Waals surface area contributed by atoms with Crippen molar-refractivity contribution in [1.82, 2.24) is 5.32 Å². The SMILES string of the molecule is CC(C)(CNC(=O)/C=C/c1ccco1)C(=O)O. The number of carboxylic acids is 1. The van der Waals surface area contributed by atoms with Crippen LogP contribution in [0, 0.1) is 5.41 Å². The Morgan fingerprint density at radius 3 is 2.76 bits per heavy atom. The van der Waals surface area contributed by atoms with E-state index in [4.69, 9.17) is 9.52 Å². The molecule has 2 N–H and O–H groups in total. The molecule has 0 atom stereocenters. The van der Waals surface area contributed by atoms with Gasteiger partial charge in [0.15, 0.2) is 0 Å². The van der Waals surface area contributed by atoms with E-state index in [-0.39, 0.29) is 12.5 Å². The summed E-state index contributed by atoms with van der Waals surface area (Å²) in [6.07, 6.45) is 4.32. The molecule has 0 aliphatic heterocycles. The smallest absolute Gasteiger partial charge is 0.310 e. The lowest BCUT2D eigenvalue weighted by Gasteiger charge is -2.18. The van der Waals surface area contributed by atoms with Crippen molar-refractivity contribution in [2.24, 2.45) is 5.41 Å². The second kappa shape index (κ2) is 5.34. The van der Waals surface area contributed by atoms with E-state index >= 15 is 0 Å². The van der Waals surface area contributed by atoms with Gasteiger partial charge >= 0.3 is 5.97 Å². The summed E-state index contributed by atoms with van der Waals surface area (Å²) in [5.41, 5.74) is -0.978. The topological polar surface area (TPSA) is 79.5 Å². The summed E-state index contributed by atoms with van der Waals surface area (Å²) < 4.78 is 5.01. The van der Waals surface area contributed by atoms with Crippen LogP contribution in [0.1, 0.15) is 19.6 Å². The Kier molecular flexibility index (Phi) is 4.09. The predicted octanol–water partition coefficient (Wildman–Crippen LogP) is 1.52. The number of amides is 1. The number of carboxylic acid groups (broad SMARTS) is 1. The van der Waals surface area contributed by atoms with Gasteiger partial charge in [-0.05, 0) is 32.1 Å². The number of hydrogen-bond acceptors (Lipinski definition) is 3. The number of hydrogen-bond donors (Lipinski definition) is 2. The Morgan fingerprint density at radius 2 is 2.24 bits per heavy atom. The molecule has 0 spiro atoms. The second-order valence-corrected chi connectivity index (χ2v) is 4.26. The zero-order valence-corrected chi connectivity index (χ0v) is 9.77. The second-order valence-electron chi connectivity index (χ2n) is 4.26. The monoisotopic (exact) mass is 237 g/mol. The van der Waals surface area contributed by atoms with Crippen LogP contribution in [0.4, 0.5) is 0 Å². The largest absolute Gasteiger partial charge is 0.481 e. The van der Waals surface area contributed by atoms with Crippen LogP contribution >= 0.6 is 0 Å². The van der Waals surface area contributed by atoms with Crippen molar-refractivity contribution in [3.05, 3.63) is 30.2 Å². The molecule has 0 aromatic carbocycles. The molecule has 0 bridgehead atoms. The van der Waals surface area contributed by atoms with E-state index in [9.17, 15) is 9.59 Å². The molecule has 17 heavy (non-hydrogen) atoms. The number of carbonyl (C=O) groups excluding carboxylic acids is 1. The maximum Gasteiger partial charge on any atom is 0.310 e. The van der Waals surface area contributed by atoms with Gasteiger partial charge in [0.1, 0.15) is 5.76 Å². The average molecular weight is 237 g/mol. The van der Waals surface area contributed by atoms with Crippen molar-refractivity contribution in [2.45, 2.75) is 13.8 Å². The van der Waals surface area contributed by atoms with Crippen molar-refractivity contribution < 1.29 is 19.1 Å². The molecule has 1 aromatic rings. The Balaban J connectivity index is 2.43. The Bertz CT molecular complexity index is 418. The van der Waals surface area contributed by atoms with Gasteiger partial charge in [0.25, 0.3) is 0 Å². The number of carbonyl (C=O) groups is 2. The Morgan fingerprint density at radius 1 is 1.53 bits per heavy atom. The van der Waals surface area contributed by atoms with Gasteiger partial charge in [-0.15, -0.1) is 0 Å². The molecule has 1 rings (SSSR count). The fourth-order valence-electron chi connectivity index (χ4n) is 0.987. The average Bonchev–Trinajstić information content (AvgIpc) is 2.76. The van der Waals surface area contributed by atoms with Gasteiger partial charge in [-0.1, -0.05) is 0 Å². The highest BCUT2D eigenvalue weighted by Crippen LogP contribution is 2.12. The number of rotatable bonds is 5. The van der Waals surface area contributed by atoms with Crippen molar-refractivity contribution in [1.29, 1.82) is 0 Å². The highest BCUT2D eigenvalue weighted by Gasteiger charge is 2.27. The lowest BCUT2D eigenvalue weighted by atomic mass is 9.94. The minimum absolute atomic E-state index is 0.0731. The van der Waals surface area contributed by atoms with Crippen molar-refractivity contribution in [3.8, 4) is 0 Å². The summed E-state index contributed by atoms with van der Waals surface area (Å²) in [5, 5.41) is 11.4. The van der Waals surface area contributed by atoms with E-state index < -0.39 is 11.4 Å². The lowest BCUT2D eigenvalue weighted by Crippen LogP contribution is -2.38. The number of nitrogens with one attached hydrogen (secondary N) is 1. The first-order valence-corrected chi connectivity index (χ1v) is 5.14. The van der Waals surface area contributed by atoms with Crippen LogP contribution in [0.3, 0.4) is 0 Å². The first-order valence-electron chi connectivity index (χ1n) is 5.14. The van der Waals surface area contributed by atoms with Crippen LogP contribution in [0.2, 0.25) is 0 Å². The van der Waals surface area contributed by atoms with Crippen molar-refractivity contribution >= 4 is 18.0 Å². The molecular weight excluding hydrogens is 222 g/mol. The van der Waals surface area contributed by atoms with Gasteiger partial charge in [-0.3, -0.25) is 9.59 Å². The first-order chi connectivity index (χ1) is 7.92. The maximum absolute atomic E-state index is 11.4. The lowest BCUT2D eigenvalue weighted by molar-refractivity contribution is -0.146. The zero-order valence-electron chi connectivity index (χ0n) is 9.77. The Hall–Kier alpha value is -2.04. The van der Waals surface area contributed by atoms with Gasteiger partial charge in [-0.2, -0.15) is 0 Å². The molecule has 0 fully saturated rings. The summed E-state index contributed by atoms with van der Waals surface area (Å²) in [6, 6.07) is 3.43. The molecule has 0 saturated heterocycles. The summed E-state index contributed by atoms with van der Waals surface area (Å²) in [6.45, 7) is 3.17. The van der Waals surface area contributed by atoms with E-state index in [2.05, 4.69) is 5.32 Å². The van der Waals surface area contributed by atoms with E-state index in [0.29, 0.717) is 5.76 Å². The fraction of sp³-hybridized carbons (Fsp3) is 0.333. The highest BCUT2D eigenvalue weighted by atomic mass is 16.4. The molecule has 0 radical (unpaired) electrons. The fourth-order valence-corrected chi connectivity index (χ4v) is 0.987. The molecule has 0 aliphatic carbocycles. The molecule has 0 saturated carbocycles. The summed E-state index contributed by atoms with van der Waals surface area (Å²) in [4.78, 5) is 22.2. The van der Waals surface area contributed by atoms with E-state index in [0.717, 1.165) is 0 Å². The van der Waals surface area contributed by atoms with Gasteiger partial charge in [0.2, 0.25) is 5.91 Å². The molecule has 0 unspecified atom stereocenters. The molecule has 92 valence electrons. The third-order valence-corrected chi connectivity index (χ3v) is 2.23. The maximum atomic E-state index is 11.4. The normalized spacial score (nSPS) is 11.6. The highest BCUT2D eigenvalue weighted by molar-refractivity contribution is 5.91. The molecule has 0 aliphatic rings. The number of furan rings is 1. The summed E-state index contributed by atoms with van der Waals surface area (Å²) in [7, 11) is 0. The van der Waals surface area contributed by atoms with Crippen LogP contribution < -0.4 is 5.32 Å². The van der Waals surface area contributed by atoms with Crippen molar-refractivity contribution in [2.75, 3.05) is 6.54 Å². The zero-order chi connectivity index (χ0) is 12.9. The molecule has 5 nitrogen and oxygen atoms in total. The molecule has 1 aromatic heterocycles. The van der Waals surface area contributed by atoms with Gasteiger partial charge in [-0.25, -0.2) is 0 Å². The first kappa shape index (κ1) is 13.0. The molecule has 1 heterocycles. The van der Waals surface area contributed by atoms with Crippen LogP contribution in [0.5, 0.6) is 0 Å². The third kappa shape index (κ3) is 4.14. The minimum Gasteiger partial charge on any atom is -0.481 e. The standard InChI is InChI=1S/C12H15NO4/c1-12(2,11(15)16)8-13-10(14)6-5-9-4-3-7-17-9/h3-7H,8H2,1-2H3,(H,13,14)(H,15,16)/b6-5+. The van der Waals surface area contributed by atoms with Gasteiger partial charge < -0.3 is 14.8 Å². The quantitative estimate of drug-likeness (QED) is 0.761. The molecular formula is C12H15NO4. The van der Waals surface area contributed by atoms with E-state index in [1.54, 1.807) is 26.0 Å². The van der Waals surface area contributed by atoms with Crippen LogP contribution in [-0.4, -0.2) is 23.5 Å². The Labute approximate surface area is 99.1 Å². The number of aliphatic carboxylic acids is 1. The summed E-state index contributed by atoms with van der Waals surface area (Å²) in [5.74, 6) is -0.735. The van der Waals surface area contributed by atoms with E-state index in [1.165, 1.54) is 18.4 Å². The van der Waals surface area contributed by atoms with Gasteiger partial charge in [0.05, 0.1) is 11.7 Å². The molecule has 1 amide bonds. The van der Waals surface area contributed by atoms with Gasteiger partial charge in [0, 0.05) is 12.6 Å². The predicted molar refractivity (Wildman–Crippen MR) is 62.2 cm³/mol. The summed E-state index contributed by atoms with van der Waals surface area (Å²) >= 11 is 0. The molecule has 5 heteroatoms.